The number of thiophene rings is 1. The molecule has 7 heteroatoms. The third-order valence-electron chi connectivity index (χ3n) is 5.22. The van der Waals surface area contributed by atoms with Crippen LogP contribution < -0.4 is 4.90 Å². The zero-order valence-electron chi connectivity index (χ0n) is 18.4. The van der Waals surface area contributed by atoms with Gasteiger partial charge in [0.1, 0.15) is 11.3 Å². The van der Waals surface area contributed by atoms with Crippen LogP contribution in [0.15, 0.2) is 84.2 Å². The van der Waals surface area contributed by atoms with Gasteiger partial charge < -0.3 is 15.1 Å². The highest BCUT2D eigenvalue weighted by atomic mass is 35.5. The number of hydrogen-bond donors (Lipinski definition) is 2. The number of carboxylic acids is 1. The molecule has 4 aromatic rings. The number of amides is 1. The summed E-state index contributed by atoms with van der Waals surface area (Å²) in [5.74, 6) is 4.40. The Balaban J connectivity index is 1.58. The first kappa shape index (κ1) is 24.1. The van der Waals surface area contributed by atoms with Gasteiger partial charge in [0.25, 0.3) is 0 Å². The van der Waals surface area contributed by atoms with Crippen molar-refractivity contribution < 1.29 is 19.8 Å². The summed E-state index contributed by atoms with van der Waals surface area (Å²) in [5, 5.41) is 21.9. The number of aromatic hydroxyl groups is 1. The highest BCUT2D eigenvalue weighted by Gasteiger charge is 2.20. The minimum absolute atomic E-state index is 0.180. The molecule has 1 heterocycles. The van der Waals surface area contributed by atoms with Crippen LogP contribution in [0.1, 0.15) is 31.9 Å². The Bertz CT molecular complexity index is 1400. The first-order valence-corrected chi connectivity index (χ1v) is 11.9. The van der Waals surface area contributed by atoms with E-state index in [-0.39, 0.29) is 30.2 Å². The Morgan fingerprint density at radius 2 is 1.57 bits per heavy atom. The van der Waals surface area contributed by atoms with Crippen molar-refractivity contribution in [2.75, 3.05) is 4.90 Å². The van der Waals surface area contributed by atoms with Crippen molar-refractivity contribution in [3.8, 4) is 17.6 Å². The van der Waals surface area contributed by atoms with Gasteiger partial charge in [-0.05, 0) is 71.6 Å². The van der Waals surface area contributed by atoms with E-state index in [1.165, 1.54) is 28.4 Å². The maximum absolute atomic E-state index is 13.2. The molecule has 0 bridgehead atoms. The second kappa shape index (κ2) is 10.9. The summed E-state index contributed by atoms with van der Waals surface area (Å²) in [6, 6.07) is 22.7. The summed E-state index contributed by atoms with van der Waals surface area (Å²) in [4.78, 5) is 27.2. The van der Waals surface area contributed by atoms with Gasteiger partial charge in [-0.25, -0.2) is 4.79 Å². The number of nitrogens with zero attached hydrogens (tertiary/aromatic N) is 1. The molecular formula is C28H20ClNO4S. The molecule has 35 heavy (non-hydrogen) atoms. The molecule has 1 aromatic heterocycles. The lowest BCUT2D eigenvalue weighted by molar-refractivity contribution is -0.118. The molecular weight excluding hydrogens is 482 g/mol. The van der Waals surface area contributed by atoms with E-state index in [1.54, 1.807) is 18.2 Å². The molecule has 174 valence electrons. The van der Waals surface area contributed by atoms with Crippen molar-refractivity contribution in [3.63, 3.8) is 0 Å². The number of aromatic carboxylic acids is 1. The number of phenols is 1. The number of rotatable bonds is 6. The molecule has 0 unspecified atom stereocenters. The largest absolute Gasteiger partial charge is 0.507 e. The molecule has 0 saturated carbocycles. The van der Waals surface area contributed by atoms with E-state index in [0.29, 0.717) is 10.7 Å². The maximum atomic E-state index is 13.2. The Morgan fingerprint density at radius 1 is 0.914 bits per heavy atom. The van der Waals surface area contributed by atoms with Gasteiger partial charge in [0.2, 0.25) is 5.91 Å². The monoisotopic (exact) mass is 501 g/mol. The van der Waals surface area contributed by atoms with E-state index in [4.69, 9.17) is 11.6 Å². The molecule has 4 rings (SSSR count). The van der Waals surface area contributed by atoms with Gasteiger partial charge in [-0.3, -0.25) is 4.79 Å². The van der Waals surface area contributed by atoms with Gasteiger partial charge in [0.15, 0.2) is 0 Å². The number of benzene rings is 3. The molecule has 2 N–H and O–H groups in total. The van der Waals surface area contributed by atoms with Crippen LogP contribution in [0.25, 0.3) is 0 Å². The molecule has 0 fully saturated rings. The van der Waals surface area contributed by atoms with Gasteiger partial charge >= 0.3 is 5.97 Å². The van der Waals surface area contributed by atoms with E-state index in [0.717, 1.165) is 21.6 Å². The van der Waals surface area contributed by atoms with Crippen molar-refractivity contribution >= 4 is 40.5 Å². The van der Waals surface area contributed by atoms with Crippen LogP contribution in [-0.4, -0.2) is 22.1 Å². The predicted octanol–water partition coefficient (Wildman–Crippen LogP) is 5.98. The molecule has 3 aromatic carbocycles. The summed E-state index contributed by atoms with van der Waals surface area (Å²) < 4.78 is 0. The fraction of sp³-hybridized carbons (Fsp3) is 0.0714. The second-order valence-electron chi connectivity index (χ2n) is 7.70. The molecule has 0 atom stereocenters. The van der Waals surface area contributed by atoms with Gasteiger partial charge in [-0.15, -0.1) is 11.3 Å². The standard InChI is InChI=1S/C28H20ClNO4S/c29-22-11-9-20(10-12-22)4-3-19-5-7-21(8-6-19)18-30(27(32)17-24-2-1-15-35-24)23-13-14-26(31)25(16-23)28(33)34/h1-2,5-16,31H,17-18H2,(H,33,34). The molecule has 0 aliphatic heterocycles. The van der Waals surface area contributed by atoms with Crippen molar-refractivity contribution in [1.29, 1.82) is 0 Å². The molecule has 0 radical (unpaired) electrons. The lowest BCUT2D eigenvalue weighted by atomic mass is 10.1. The first-order chi connectivity index (χ1) is 16.9. The average molecular weight is 502 g/mol. The molecule has 0 aliphatic rings. The van der Waals surface area contributed by atoms with Gasteiger partial charge in [0, 0.05) is 26.7 Å². The summed E-state index contributed by atoms with van der Waals surface area (Å²) in [6.45, 7) is 0.235. The number of hydrogen-bond acceptors (Lipinski definition) is 4. The van der Waals surface area contributed by atoms with Crippen LogP contribution in [0.3, 0.4) is 0 Å². The van der Waals surface area contributed by atoms with Gasteiger partial charge in [-0.1, -0.05) is 41.6 Å². The van der Waals surface area contributed by atoms with E-state index in [1.807, 2.05) is 53.9 Å². The average Bonchev–Trinajstić information content (AvgIpc) is 3.36. The van der Waals surface area contributed by atoms with Crippen molar-refractivity contribution in [2.24, 2.45) is 0 Å². The van der Waals surface area contributed by atoms with Crippen molar-refractivity contribution in [3.05, 3.63) is 116 Å². The fourth-order valence-electron chi connectivity index (χ4n) is 3.40. The third kappa shape index (κ3) is 6.30. The van der Waals surface area contributed by atoms with Gasteiger partial charge in [0.05, 0.1) is 13.0 Å². The van der Waals surface area contributed by atoms with Crippen LogP contribution in [-0.2, 0) is 17.8 Å². The first-order valence-electron chi connectivity index (χ1n) is 10.6. The quantitative estimate of drug-likeness (QED) is 0.318. The van der Waals surface area contributed by atoms with Crippen LogP contribution in [0.4, 0.5) is 5.69 Å². The summed E-state index contributed by atoms with van der Waals surface area (Å²) in [7, 11) is 0. The Labute approximate surface area is 211 Å². The zero-order chi connectivity index (χ0) is 24.8. The summed E-state index contributed by atoms with van der Waals surface area (Å²) in [6.07, 6.45) is 0.186. The van der Waals surface area contributed by atoms with E-state index in [2.05, 4.69) is 11.8 Å². The van der Waals surface area contributed by atoms with Crippen LogP contribution in [0.5, 0.6) is 5.75 Å². The van der Waals surface area contributed by atoms with Crippen molar-refractivity contribution in [1.82, 2.24) is 0 Å². The number of anilines is 1. The molecule has 0 aliphatic carbocycles. The Morgan fingerprint density at radius 3 is 2.17 bits per heavy atom. The van der Waals surface area contributed by atoms with E-state index in [9.17, 15) is 19.8 Å². The highest BCUT2D eigenvalue weighted by Crippen LogP contribution is 2.27. The Hall–Kier alpha value is -4.05. The third-order valence-corrected chi connectivity index (χ3v) is 6.35. The van der Waals surface area contributed by atoms with Gasteiger partial charge in [-0.2, -0.15) is 0 Å². The topological polar surface area (TPSA) is 77.8 Å². The summed E-state index contributed by atoms with van der Waals surface area (Å²) >= 11 is 7.39. The van der Waals surface area contributed by atoms with E-state index >= 15 is 0 Å². The lowest BCUT2D eigenvalue weighted by Gasteiger charge is -2.23. The number of carbonyl (C=O) groups excluding carboxylic acids is 1. The summed E-state index contributed by atoms with van der Waals surface area (Å²) in [5.41, 5.74) is 2.66. The minimum atomic E-state index is -1.27. The predicted molar refractivity (Wildman–Crippen MR) is 138 cm³/mol. The lowest BCUT2D eigenvalue weighted by Crippen LogP contribution is -2.31. The second-order valence-corrected chi connectivity index (χ2v) is 9.17. The highest BCUT2D eigenvalue weighted by molar-refractivity contribution is 7.10. The molecule has 1 amide bonds. The Kier molecular flexibility index (Phi) is 7.51. The fourth-order valence-corrected chi connectivity index (χ4v) is 4.22. The normalized spacial score (nSPS) is 10.3. The molecule has 5 nitrogen and oxygen atoms in total. The zero-order valence-corrected chi connectivity index (χ0v) is 20.0. The number of carbonyl (C=O) groups is 2. The molecule has 0 saturated heterocycles. The SMILES string of the molecule is O=C(O)c1cc(N(Cc2ccc(C#Cc3ccc(Cl)cc3)cc2)C(=O)Cc2cccs2)ccc1O. The molecule has 0 spiro atoms. The van der Waals surface area contributed by atoms with Crippen molar-refractivity contribution in [2.45, 2.75) is 13.0 Å². The number of carboxylic acid groups (broad SMARTS) is 1. The van der Waals surface area contributed by atoms with E-state index < -0.39 is 5.97 Å². The van der Waals surface area contributed by atoms with Crippen LogP contribution >= 0.6 is 22.9 Å². The minimum Gasteiger partial charge on any atom is -0.507 e. The van der Waals surface area contributed by atoms with Crippen LogP contribution in [0, 0.1) is 11.8 Å². The number of halogens is 1. The maximum Gasteiger partial charge on any atom is 0.339 e. The van der Waals surface area contributed by atoms with Crippen LogP contribution in [0.2, 0.25) is 5.02 Å². The smallest absolute Gasteiger partial charge is 0.339 e.